The van der Waals surface area contributed by atoms with Crippen LogP contribution in [-0.4, -0.2) is 31.5 Å². The van der Waals surface area contributed by atoms with E-state index in [1.165, 1.54) is 21.3 Å². The van der Waals surface area contributed by atoms with Gasteiger partial charge in [0.2, 0.25) is 5.75 Å². The van der Waals surface area contributed by atoms with Crippen LogP contribution in [0, 0.1) is 0 Å². The maximum Gasteiger partial charge on any atom is 0.201 e. The van der Waals surface area contributed by atoms with E-state index in [-0.39, 0.29) is 11.5 Å². The lowest BCUT2D eigenvalue weighted by molar-refractivity contribution is 0.339. The second-order valence-corrected chi connectivity index (χ2v) is 4.85. The van der Waals surface area contributed by atoms with Crippen molar-refractivity contribution in [3.8, 4) is 28.7 Å². The van der Waals surface area contributed by atoms with Crippen LogP contribution in [0.15, 0.2) is 36.4 Å². The van der Waals surface area contributed by atoms with E-state index >= 15 is 0 Å². The third-order valence-electron chi connectivity index (χ3n) is 3.44. The van der Waals surface area contributed by atoms with Crippen molar-refractivity contribution in [2.24, 2.45) is 0 Å². The molecule has 2 N–H and O–H groups in total. The van der Waals surface area contributed by atoms with Gasteiger partial charge in [-0.15, -0.1) is 0 Å². The first-order chi connectivity index (χ1) is 11.1. The van der Waals surface area contributed by atoms with E-state index in [0.29, 0.717) is 23.7 Å². The molecule has 2 rings (SSSR count). The number of benzene rings is 2. The molecule has 0 aliphatic carbocycles. The maximum atomic E-state index is 10.1. The Balaban J connectivity index is 2.19. The van der Waals surface area contributed by atoms with Crippen molar-refractivity contribution in [1.29, 1.82) is 0 Å². The Bertz CT molecular complexity index is 707. The number of phenolic OH excluding ortho intramolecular Hbond substituents is 2. The van der Waals surface area contributed by atoms with Gasteiger partial charge in [0.15, 0.2) is 23.0 Å². The Morgan fingerprint density at radius 2 is 1.65 bits per heavy atom. The Labute approximate surface area is 135 Å². The molecule has 2 aromatic carbocycles. The molecule has 0 aromatic heterocycles. The van der Waals surface area contributed by atoms with Gasteiger partial charge < -0.3 is 24.4 Å². The van der Waals surface area contributed by atoms with E-state index in [9.17, 15) is 10.2 Å². The first-order valence-corrected chi connectivity index (χ1v) is 7.07. The van der Waals surface area contributed by atoms with Crippen LogP contribution in [0.4, 0.5) is 0 Å². The monoisotopic (exact) mass is 316 g/mol. The van der Waals surface area contributed by atoms with E-state index in [0.717, 1.165) is 11.1 Å². The predicted octanol–water partition coefficient (Wildman–Crippen LogP) is 3.38. The molecule has 0 atom stereocenters. The van der Waals surface area contributed by atoms with Crippen LogP contribution in [0.5, 0.6) is 28.7 Å². The molecule has 0 spiro atoms. The lowest BCUT2D eigenvalue weighted by Crippen LogP contribution is -1.91. The highest BCUT2D eigenvalue weighted by molar-refractivity contribution is 5.66. The summed E-state index contributed by atoms with van der Waals surface area (Å²) < 4.78 is 15.4. The molecule has 23 heavy (non-hydrogen) atoms. The Morgan fingerprint density at radius 3 is 2.30 bits per heavy atom. The first-order valence-electron chi connectivity index (χ1n) is 7.07. The van der Waals surface area contributed by atoms with Gasteiger partial charge in [-0.2, -0.15) is 0 Å². The van der Waals surface area contributed by atoms with Crippen molar-refractivity contribution in [1.82, 2.24) is 0 Å². The molecule has 0 fully saturated rings. The Kier molecular flexibility index (Phi) is 5.36. The fraction of sp³-hybridized carbons (Fsp3) is 0.222. The van der Waals surface area contributed by atoms with Gasteiger partial charge in [0.05, 0.1) is 21.3 Å². The van der Waals surface area contributed by atoms with Gasteiger partial charge in [-0.05, 0) is 36.2 Å². The number of hydrogen-bond donors (Lipinski definition) is 2. The Morgan fingerprint density at radius 1 is 0.913 bits per heavy atom. The average Bonchev–Trinajstić information content (AvgIpc) is 2.56. The van der Waals surface area contributed by atoms with Crippen LogP contribution in [0.3, 0.4) is 0 Å². The van der Waals surface area contributed by atoms with Crippen molar-refractivity contribution >= 4 is 6.08 Å². The molecule has 5 nitrogen and oxygen atoms in total. The summed E-state index contributed by atoms with van der Waals surface area (Å²) in [5, 5.41) is 19.6. The molecule has 0 saturated carbocycles. The topological polar surface area (TPSA) is 68.2 Å². The largest absolute Gasteiger partial charge is 0.504 e. The van der Waals surface area contributed by atoms with Gasteiger partial charge >= 0.3 is 0 Å². The lowest BCUT2D eigenvalue weighted by atomic mass is 10.1. The lowest BCUT2D eigenvalue weighted by Gasteiger charge is -2.10. The molecule has 2 aromatic rings. The van der Waals surface area contributed by atoms with E-state index in [1.54, 1.807) is 18.2 Å². The van der Waals surface area contributed by atoms with Crippen molar-refractivity contribution in [2.75, 3.05) is 21.3 Å². The van der Waals surface area contributed by atoms with Gasteiger partial charge in [0.1, 0.15) is 0 Å². The minimum absolute atomic E-state index is 0.0246. The number of rotatable bonds is 6. The van der Waals surface area contributed by atoms with Crippen molar-refractivity contribution in [3.63, 3.8) is 0 Å². The molecule has 0 amide bonds. The number of phenols is 2. The number of aromatic hydroxyl groups is 2. The summed E-state index contributed by atoms with van der Waals surface area (Å²) in [5.74, 6) is 1.26. The molecule has 0 bridgehead atoms. The number of allylic oxidation sites excluding steroid dienone is 1. The van der Waals surface area contributed by atoms with Crippen molar-refractivity contribution < 1.29 is 24.4 Å². The zero-order valence-electron chi connectivity index (χ0n) is 13.4. The minimum Gasteiger partial charge on any atom is -0.504 e. The SMILES string of the molecule is COc1cc(C/C=C\c2ccc(OC)c(O)c2OC)ccc1O. The van der Waals surface area contributed by atoms with Gasteiger partial charge in [0, 0.05) is 5.56 Å². The second-order valence-electron chi connectivity index (χ2n) is 4.85. The van der Waals surface area contributed by atoms with Crippen LogP contribution < -0.4 is 14.2 Å². The standard InChI is InChI=1S/C18H20O5/c1-21-15-10-8-13(18(23-3)17(15)20)6-4-5-12-7-9-14(19)16(11-12)22-2/h4,6-11,19-20H,5H2,1-3H3/b6-4-. The van der Waals surface area contributed by atoms with Crippen LogP contribution in [0.2, 0.25) is 0 Å². The van der Waals surface area contributed by atoms with Gasteiger partial charge in [0.25, 0.3) is 0 Å². The van der Waals surface area contributed by atoms with Crippen LogP contribution >= 0.6 is 0 Å². The summed E-state index contributed by atoms with van der Waals surface area (Å²) in [6, 6.07) is 8.70. The normalized spacial score (nSPS) is 10.7. The summed E-state index contributed by atoms with van der Waals surface area (Å²) in [4.78, 5) is 0. The fourth-order valence-electron chi connectivity index (χ4n) is 2.25. The molecule has 122 valence electrons. The predicted molar refractivity (Wildman–Crippen MR) is 88.6 cm³/mol. The zero-order chi connectivity index (χ0) is 16.8. The zero-order valence-corrected chi connectivity index (χ0v) is 13.4. The van der Waals surface area contributed by atoms with Gasteiger partial charge in [-0.3, -0.25) is 0 Å². The molecular weight excluding hydrogens is 296 g/mol. The van der Waals surface area contributed by atoms with Gasteiger partial charge in [-0.25, -0.2) is 0 Å². The third-order valence-corrected chi connectivity index (χ3v) is 3.44. The maximum absolute atomic E-state index is 10.1. The molecular formula is C18H20O5. The molecule has 0 radical (unpaired) electrons. The van der Waals surface area contributed by atoms with E-state index in [1.807, 2.05) is 24.3 Å². The minimum atomic E-state index is -0.0246. The quantitative estimate of drug-likeness (QED) is 0.855. The first kappa shape index (κ1) is 16.5. The van der Waals surface area contributed by atoms with Crippen LogP contribution in [0.25, 0.3) is 6.08 Å². The number of hydrogen-bond acceptors (Lipinski definition) is 5. The highest BCUT2D eigenvalue weighted by atomic mass is 16.5. The summed E-state index contributed by atoms with van der Waals surface area (Å²) in [5.41, 5.74) is 1.74. The van der Waals surface area contributed by atoms with Crippen molar-refractivity contribution in [3.05, 3.63) is 47.5 Å². The molecule has 0 aliphatic rings. The molecule has 0 aliphatic heterocycles. The van der Waals surface area contributed by atoms with Crippen molar-refractivity contribution in [2.45, 2.75) is 6.42 Å². The fourth-order valence-corrected chi connectivity index (χ4v) is 2.25. The van der Waals surface area contributed by atoms with Crippen LogP contribution in [-0.2, 0) is 6.42 Å². The van der Waals surface area contributed by atoms with E-state index < -0.39 is 0 Å². The highest BCUT2D eigenvalue weighted by Gasteiger charge is 2.12. The summed E-state index contributed by atoms with van der Waals surface area (Å²) >= 11 is 0. The highest BCUT2D eigenvalue weighted by Crippen LogP contribution is 2.39. The Hall–Kier alpha value is -2.82. The van der Waals surface area contributed by atoms with Crippen LogP contribution in [0.1, 0.15) is 11.1 Å². The molecule has 0 unspecified atom stereocenters. The van der Waals surface area contributed by atoms with E-state index in [4.69, 9.17) is 14.2 Å². The third kappa shape index (κ3) is 3.69. The number of ether oxygens (including phenoxy) is 3. The summed E-state index contributed by atoms with van der Waals surface area (Å²) in [6.07, 6.45) is 4.44. The summed E-state index contributed by atoms with van der Waals surface area (Å²) in [7, 11) is 4.50. The van der Waals surface area contributed by atoms with E-state index in [2.05, 4.69) is 0 Å². The summed E-state index contributed by atoms with van der Waals surface area (Å²) in [6.45, 7) is 0. The number of methoxy groups -OCH3 is 3. The molecule has 0 saturated heterocycles. The second kappa shape index (κ2) is 7.45. The smallest absolute Gasteiger partial charge is 0.201 e. The average molecular weight is 316 g/mol. The molecule has 0 heterocycles. The van der Waals surface area contributed by atoms with Gasteiger partial charge in [-0.1, -0.05) is 18.2 Å². The molecule has 5 heteroatoms.